The number of rotatable bonds is 4. The van der Waals surface area contributed by atoms with E-state index in [1.165, 1.54) is 23.5 Å². The summed E-state index contributed by atoms with van der Waals surface area (Å²) in [6.07, 6.45) is 3.81. The lowest BCUT2D eigenvalue weighted by molar-refractivity contribution is 1.50. The number of halogens is 1. The molecule has 0 heterocycles. The van der Waals surface area contributed by atoms with Crippen LogP contribution in [0.5, 0.6) is 0 Å². The van der Waals surface area contributed by atoms with Gasteiger partial charge in [-0.3, -0.25) is 10.8 Å². The summed E-state index contributed by atoms with van der Waals surface area (Å²) in [5, 5.41) is 14.0. The number of amidine groups is 2. The van der Waals surface area contributed by atoms with Crippen LogP contribution in [0.3, 0.4) is 0 Å². The zero-order valence-corrected chi connectivity index (χ0v) is 9.40. The molecule has 0 atom stereocenters. The summed E-state index contributed by atoms with van der Waals surface area (Å²) in [6.45, 7) is 0. The van der Waals surface area contributed by atoms with Crippen molar-refractivity contribution in [1.29, 1.82) is 10.8 Å². The molecule has 6 N–H and O–H groups in total. The van der Waals surface area contributed by atoms with E-state index in [9.17, 15) is 0 Å². The maximum absolute atomic E-state index is 6.89. The van der Waals surface area contributed by atoms with Gasteiger partial charge >= 0.3 is 0 Å². The Kier molecular flexibility index (Phi) is 11.4. The van der Waals surface area contributed by atoms with Crippen LogP contribution in [0.25, 0.3) is 0 Å². The second kappa shape index (κ2) is 9.76. The third-order valence-electron chi connectivity index (χ3n) is 0.837. The van der Waals surface area contributed by atoms with Crippen molar-refractivity contribution in [3.8, 4) is 0 Å². The zero-order valence-electron chi connectivity index (χ0n) is 6.95. The van der Waals surface area contributed by atoms with Gasteiger partial charge in [-0.2, -0.15) is 0 Å². The van der Waals surface area contributed by atoms with Gasteiger partial charge in [0.05, 0.1) is 0 Å². The Balaban J connectivity index is 0. The van der Waals surface area contributed by atoms with Crippen molar-refractivity contribution in [2.45, 2.75) is 0 Å². The van der Waals surface area contributed by atoms with Gasteiger partial charge in [-0.15, -0.1) is 12.4 Å². The molecule has 76 valence electrons. The first-order valence-corrected chi connectivity index (χ1v) is 5.18. The van der Waals surface area contributed by atoms with Crippen LogP contribution >= 0.6 is 35.9 Å². The van der Waals surface area contributed by atoms with Crippen molar-refractivity contribution in [2.75, 3.05) is 11.5 Å². The van der Waals surface area contributed by atoms with Crippen LogP contribution < -0.4 is 11.5 Å². The number of nitrogens with two attached hydrogens (primary N) is 2. The van der Waals surface area contributed by atoms with Gasteiger partial charge in [-0.25, -0.2) is 0 Å². The van der Waals surface area contributed by atoms with E-state index in [0.717, 1.165) is 0 Å². The first kappa shape index (κ1) is 15.2. The second-order valence-electron chi connectivity index (χ2n) is 1.82. The second-order valence-corrected chi connectivity index (χ2v) is 3.95. The molecule has 7 heteroatoms. The molecule has 0 aliphatic heterocycles. The molecule has 0 aliphatic carbocycles. The molecule has 0 rings (SSSR count). The fourth-order valence-electron chi connectivity index (χ4n) is 0.412. The van der Waals surface area contributed by atoms with Crippen LogP contribution in [0.15, 0.2) is 12.2 Å². The first-order chi connectivity index (χ1) is 5.63. The lowest BCUT2D eigenvalue weighted by atomic mass is 10.6. The Bertz CT molecular complexity index is 175. The van der Waals surface area contributed by atoms with E-state index < -0.39 is 0 Å². The van der Waals surface area contributed by atoms with Crippen LogP contribution in [0, 0.1) is 10.8 Å². The number of nitrogens with one attached hydrogen (secondary N) is 2. The molecule has 4 nitrogen and oxygen atoms in total. The Morgan fingerprint density at radius 1 is 1.00 bits per heavy atom. The van der Waals surface area contributed by atoms with Crippen LogP contribution in [0.1, 0.15) is 0 Å². The first-order valence-electron chi connectivity index (χ1n) is 3.21. The summed E-state index contributed by atoms with van der Waals surface area (Å²) in [5.74, 6) is 1.40. The van der Waals surface area contributed by atoms with Gasteiger partial charge in [0, 0.05) is 11.5 Å². The summed E-state index contributed by atoms with van der Waals surface area (Å²) in [6, 6.07) is 0. The fraction of sp³-hybridized carbons (Fsp3) is 0.333. The molecule has 0 aliphatic rings. The van der Waals surface area contributed by atoms with E-state index in [1.54, 1.807) is 0 Å². The molecule has 0 amide bonds. The highest BCUT2D eigenvalue weighted by molar-refractivity contribution is 8.14. The van der Waals surface area contributed by atoms with Gasteiger partial charge < -0.3 is 11.5 Å². The van der Waals surface area contributed by atoms with Gasteiger partial charge in [-0.05, 0) is 0 Å². The monoisotopic (exact) mass is 240 g/mol. The highest BCUT2D eigenvalue weighted by Gasteiger charge is 1.87. The molecule has 0 aromatic rings. The molecule has 13 heavy (non-hydrogen) atoms. The SMILES string of the molecule is Cl.N=C(N)SC/C=C/CSC(=N)N. The van der Waals surface area contributed by atoms with Crippen molar-refractivity contribution < 1.29 is 0 Å². The molecule has 0 saturated carbocycles. The van der Waals surface area contributed by atoms with Crippen molar-refractivity contribution in [1.82, 2.24) is 0 Å². The summed E-state index contributed by atoms with van der Waals surface area (Å²) in [7, 11) is 0. The molecule has 0 unspecified atom stereocenters. The molecular weight excluding hydrogens is 228 g/mol. The summed E-state index contributed by atoms with van der Waals surface area (Å²) < 4.78 is 0. The molecule has 0 spiro atoms. The molecule has 0 aromatic heterocycles. The predicted octanol–water partition coefficient (Wildman–Crippen LogP) is 1.22. The predicted molar refractivity (Wildman–Crippen MR) is 65.1 cm³/mol. The average Bonchev–Trinajstić information content (AvgIpc) is 1.95. The van der Waals surface area contributed by atoms with Gasteiger partial charge in [0.15, 0.2) is 10.3 Å². The molecular formula is C6H13ClN4S2. The van der Waals surface area contributed by atoms with E-state index in [-0.39, 0.29) is 22.7 Å². The van der Waals surface area contributed by atoms with Crippen molar-refractivity contribution in [3.63, 3.8) is 0 Å². The number of hydrogen-bond donors (Lipinski definition) is 4. The Hall–Kier alpha value is -0.330. The van der Waals surface area contributed by atoms with Gasteiger partial charge in [0.1, 0.15) is 0 Å². The Morgan fingerprint density at radius 3 is 1.54 bits per heavy atom. The summed E-state index contributed by atoms with van der Waals surface area (Å²) in [4.78, 5) is 0. The molecule has 0 radical (unpaired) electrons. The fourth-order valence-corrected chi connectivity index (χ4v) is 1.24. The van der Waals surface area contributed by atoms with Crippen LogP contribution in [0.2, 0.25) is 0 Å². The normalized spacial score (nSPS) is 9.54. The minimum atomic E-state index is 0. The maximum Gasteiger partial charge on any atom is 0.151 e. The molecule has 0 saturated heterocycles. The van der Waals surface area contributed by atoms with E-state index in [4.69, 9.17) is 22.3 Å². The lowest BCUT2D eigenvalue weighted by Crippen LogP contribution is -2.04. The van der Waals surface area contributed by atoms with E-state index >= 15 is 0 Å². The molecule has 0 fully saturated rings. The average molecular weight is 241 g/mol. The van der Waals surface area contributed by atoms with Crippen LogP contribution in [-0.4, -0.2) is 21.8 Å². The van der Waals surface area contributed by atoms with Crippen LogP contribution in [-0.2, 0) is 0 Å². The largest absolute Gasteiger partial charge is 0.379 e. The van der Waals surface area contributed by atoms with Gasteiger partial charge in [-0.1, -0.05) is 35.7 Å². The van der Waals surface area contributed by atoms with Crippen molar-refractivity contribution in [2.24, 2.45) is 11.5 Å². The Labute approximate surface area is 92.3 Å². The summed E-state index contributed by atoms with van der Waals surface area (Å²) in [5.41, 5.74) is 10.2. The quantitative estimate of drug-likeness (QED) is 0.337. The zero-order chi connectivity index (χ0) is 9.40. The highest BCUT2D eigenvalue weighted by atomic mass is 35.5. The Morgan fingerprint density at radius 2 is 1.31 bits per heavy atom. The number of hydrogen-bond acceptors (Lipinski definition) is 4. The molecule has 0 bridgehead atoms. The maximum atomic E-state index is 6.89. The third kappa shape index (κ3) is 14.5. The minimum Gasteiger partial charge on any atom is -0.379 e. The third-order valence-corrected chi connectivity index (χ3v) is 2.18. The van der Waals surface area contributed by atoms with Crippen molar-refractivity contribution >= 4 is 46.3 Å². The van der Waals surface area contributed by atoms with E-state index in [2.05, 4.69) is 0 Å². The lowest BCUT2D eigenvalue weighted by Gasteiger charge is -1.92. The molecule has 0 aromatic carbocycles. The van der Waals surface area contributed by atoms with E-state index in [0.29, 0.717) is 11.5 Å². The van der Waals surface area contributed by atoms with E-state index in [1.807, 2.05) is 12.2 Å². The standard InChI is InChI=1S/C6H12N4S2.ClH/c7-5(8)11-3-1-2-4-12-6(9)10;/h1-2H,3-4H2,(H3,7,8)(H3,9,10);1H/b2-1+;. The van der Waals surface area contributed by atoms with Crippen LogP contribution in [0.4, 0.5) is 0 Å². The highest BCUT2D eigenvalue weighted by Crippen LogP contribution is 2.01. The van der Waals surface area contributed by atoms with Gasteiger partial charge in [0.25, 0.3) is 0 Å². The topological polar surface area (TPSA) is 99.7 Å². The smallest absolute Gasteiger partial charge is 0.151 e. The van der Waals surface area contributed by atoms with Crippen molar-refractivity contribution in [3.05, 3.63) is 12.2 Å². The van der Waals surface area contributed by atoms with Gasteiger partial charge in [0.2, 0.25) is 0 Å². The minimum absolute atomic E-state index is 0. The number of thioether (sulfide) groups is 2. The summed E-state index contributed by atoms with van der Waals surface area (Å²) >= 11 is 2.54.